The first-order valence-electron chi connectivity index (χ1n) is 14.5. The van der Waals surface area contributed by atoms with Crippen LogP contribution in [0, 0.1) is 11.3 Å². The highest BCUT2D eigenvalue weighted by molar-refractivity contribution is 6.03. The van der Waals surface area contributed by atoms with E-state index in [1.165, 1.54) is 0 Å². The summed E-state index contributed by atoms with van der Waals surface area (Å²) >= 11 is 0. The molecule has 0 radical (unpaired) electrons. The lowest BCUT2D eigenvalue weighted by molar-refractivity contribution is -0.435. The predicted octanol–water partition coefficient (Wildman–Crippen LogP) is 8.29. The zero-order valence-electron chi connectivity index (χ0n) is 27.7. The average molecular weight is 739 g/mol. The lowest BCUT2D eigenvalue weighted by Gasteiger charge is -2.46. The Hall–Kier alpha value is -2.67. The Morgan fingerprint density at radius 1 is 0.694 bits per heavy atom. The van der Waals surface area contributed by atoms with Gasteiger partial charge in [0.25, 0.3) is 5.91 Å². The number of carbonyl (C=O) groups is 2. The summed E-state index contributed by atoms with van der Waals surface area (Å²) in [7, 11) is 0. The van der Waals surface area contributed by atoms with Crippen molar-refractivity contribution in [2.24, 2.45) is 17.1 Å². The molecule has 3 N–H and O–H groups in total. The highest BCUT2D eigenvalue weighted by Gasteiger charge is 2.91. The Labute approximate surface area is 274 Å². The highest BCUT2D eigenvalue weighted by Crippen LogP contribution is 2.60. The fourth-order valence-electron chi connectivity index (χ4n) is 4.57. The molecular weight excluding hydrogens is 699 g/mol. The largest absolute Gasteiger partial charge is 0.460 e. The maximum Gasteiger partial charge on any atom is 0.460 e. The molecule has 284 valence electrons. The zero-order chi connectivity index (χ0) is 39.0. The van der Waals surface area contributed by atoms with Gasteiger partial charge in [0.15, 0.2) is 0 Å². The van der Waals surface area contributed by atoms with Crippen LogP contribution in [0.5, 0.6) is 0 Å². The van der Waals surface area contributed by atoms with Gasteiger partial charge in [-0.15, -0.1) is 0 Å². The molecule has 0 fully saturated rings. The number of ether oxygens (including phenoxy) is 2. The average Bonchev–Trinajstić information content (AvgIpc) is 2.93. The molecule has 1 amide bonds. The predicted molar refractivity (Wildman–Crippen MR) is 150 cm³/mol. The highest BCUT2D eigenvalue weighted by atomic mass is 19.4. The van der Waals surface area contributed by atoms with Gasteiger partial charge in [-0.05, 0) is 64.5 Å². The molecule has 0 aliphatic rings. The van der Waals surface area contributed by atoms with E-state index < -0.39 is 81.3 Å². The second-order valence-corrected chi connectivity index (χ2v) is 13.4. The monoisotopic (exact) mass is 738 g/mol. The summed E-state index contributed by atoms with van der Waals surface area (Å²) in [6, 6.07) is 1.01. The lowest BCUT2D eigenvalue weighted by Crippen LogP contribution is -2.71. The van der Waals surface area contributed by atoms with E-state index >= 15 is 0 Å². The van der Waals surface area contributed by atoms with Gasteiger partial charge in [0.2, 0.25) is 5.78 Å². The molecule has 19 heteroatoms. The molecular formula is C30H39F13N2O4. The maximum atomic E-state index is 14.3. The van der Waals surface area contributed by atoms with Crippen molar-refractivity contribution in [1.82, 2.24) is 5.32 Å². The fraction of sp³-hybridized carbons (Fsp3) is 0.733. The Morgan fingerprint density at radius 3 is 1.55 bits per heavy atom. The lowest BCUT2D eigenvalue weighted by atomic mass is 9.68. The number of ketones is 1. The summed E-state index contributed by atoms with van der Waals surface area (Å²) in [5.74, 6) is -43.1. The molecule has 0 heterocycles. The van der Waals surface area contributed by atoms with Crippen LogP contribution < -0.4 is 11.1 Å². The second kappa shape index (κ2) is 14.2. The Balaban J connectivity index is 3.07. The van der Waals surface area contributed by atoms with Crippen molar-refractivity contribution in [2.45, 2.75) is 115 Å². The number of rotatable bonds is 17. The van der Waals surface area contributed by atoms with E-state index in [2.05, 4.69) is 5.32 Å². The van der Waals surface area contributed by atoms with E-state index in [1.807, 2.05) is 34.6 Å². The van der Waals surface area contributed by atoms with Crippen molar-refractivity contribution in [3.63, 3.8) is 0 Å². The molecule has 0 spiro atoms. The molecule has 0 aliphatic heterocycles. The van der Waals surface area contributed by atoms with Gasteiger partial charge < -0.3 is 20.5 Å². The number of hydrogen-bond acceptors (Lipinski definition) is 5. The van der Waals surface area contributed by atoms with Crippen LogP contribution >= 0.6 is 0 Å². The third-order valence-corrected chi connectivity index (χ3v) is 8.76. The number of nitrogens with two attached hydrogens (primary N) is 1. The molecule has 49 heavy (non-hydrogen) atoms. The van der Waals surface area contributed by atoms with Crippen LogP contribution in [0.4, 0.5) is 57.1 Å². The normalized spacial score (nSPS) is 16.0. The van der Waals surface area contributed by atoms with E-state index in [9.17, 15) is 66.7 Å². The van der Waals surface area contributed by atoms with Gasteiger partial charge in [0.05, 0.1) is 24.5 Å². The molecule has 2 atom stereocenters. The van der Waals surface area contributed by atoms with E-state index in [1.54, 1.807) is 20.8 Å². The van der Waals surface area contributed by atoms with Gasteiger partial charge in [-0.2, -0.15) is 57.1 Å². The van der Waals surface area contributed by atoms with Gasteiger partial charge in [-0.1, -0.05) is 32.9 Å². The summed E-state index contributed by atoms with van der Waals surface area (Å²) in [5.41, 5.74) is 1.71. The molecule has 1 aromatic rings. The SMILES string of the molecule is CC(CC(C)(C)OCC(C)C(C)(C)C(C)(C)OCN)NC(=O)c1ccc(C(=O)C(F)(F)C(F)(F)C(F)(F)C(F)(F)C(F)(F)C(F)(F)F)cc1. The molecule has 0 aromatic heterocycles. The zero-order valence-corrected chi connectivity index (χ0v) is 27.7. The molecule has 0 aliphatic carbocycles. The van der Waals surface area contributed by atoms with Crippen molar-refractivity contribution >= 4 is 11.7 Å². The number of benzene rings is 1. The topological polar surface area (TPSA) is 90.7 Å². The Kier molecular flexibility index (Phi) is 12.8. The van der Waals surface area contributed by atoms with Crippen LogP contribution in [-0.2, 0) is 9.47 Å². The molecule has 0 bridgehead atoms. The molecule has 1 aromatic carbocycles. The fourth-order valence-corrected chi connectivity index (χ4v) is 4.57. The first-order chi connectivity index (χ1) is 21.6. The van der Waals surface area contributed by atoms with Crippen LogP contribution in [0.2, 0.25) is 0 Å². The van der Waals surface area contributed by atoms with Crippen molar-refractivity contribution in [2.75, 3.05) is 13.3 Å². The standard InChI is InChI=1S/C30H39F13N2O4/c1-16(23(5,6)24(7,8)49-15-44)14-48-22(3,4)13-17(2)45-21(47)19-11-9-18(10-12-19)20(46)25(31,32)26(33,34)27(35,36)28(37,38)29(39,40)30(41,42)43/h9-12,16-17H,13-15,44H2,1-8H3,(H,45,47). The summed E-state index contributed by atoms with van der Waals surface area (Å²) in [6.07, 6.45) is -7.36. The third kappa shape index (κ3) is 8.45. The van der Waals surface area contributed by atoms with Crippen LogP contribution in [0.15, 0.2) is 24.3 Å². The van der Waals surface area contributed by atoms with E-state index in [-0.39, 0.29) is 37.8 Å². The van der Waals surface area contributed by atoms with E-state index in [0.717, 1.165) is 0 Å². The van der Waals surface area contributed by atoms with Crippen LogP contribution in [-0.4, -0.2) is 78.1 Å². The van der Waals surface area contributed by atoms with Crippen LogP contribution in [0.1, 0.15) is 82.5 Å². The van der Waals surface area contributed by atoms with Crippen LogP contribution in [0.3, 0.4) is 0 Å². The van der Waals surface area contributed by atoms with Crippen molar-refractivity contribution < 1.29 is 76.1 Å². The molecule has 0 saturated heterocycles. The number of carbonyl (C=O) groups excluding carboxylic acids is 2. The minimum atomic E-state index is -8.13. The van der Waals surface area contributed by atoms with Gasteiger partial charge in [0, 0.05) is 17.2 Å². The Morgan fingerprint density at radius 2 is 1.12 bits per heavy atom. The van der Waals surface area contributed by atoms with Gasteiger partial charge in [0.1, 0.15) is 0 Å². The van der Waals surface area contributed by atoms with Gasteiger partial charge >= 0.3 is 35.8 Å². The summed E-state index contributed by atoms with van der Waals surface area (Å²) in [4.78, 5) is 24.8. The van der Waals surface area contributed by atoms with Crippen molar-refractivity contribution in [3.05, 3.63) is 35.4 Å². The second-order valence-electron chi connectivity index (χ2n) is 13.4. The number of amides is 1. The van der Waals surface area contributed by atoms with Gasteiger partial charge in [-0.25, -0.2) is 0 Å². The van der Waals surface area contributed by atoms with Gasteiger partial charge in [-0.3, -0.25) is 9.59 Å². The smallest absolute Gasteiger partial charge is 0.375 e. The molecule has 0 saturated carbocycles. The summed E-state index contributed by atoms with van der Waals surface area (Å²) in [5, 5.41) is 2.53. The number of alkyl halides is 13. The number of halogens is 13. The number of nitrogens with one attached hydrogen (secondary N) is 1. The Bertz CT molecular complexity index is 1310. The van der Waals surface area contributed by atoms with E-state index in [0.29, 0.717) is 12.1 Å². The minimum absolute atomic E-state index is 0.00662. The van der Waals surface area contributed by atoms with Crippen molar-refractivity contribution in [3.8, 4) is 0 Å². The van der Waals surface area contributed by atoms with Crippen LogP contribution in [0.25, 0.3) is 0 Å². The first-order valence-corrected chi connectivity index (χ1v) is 14.5. The molecule has 6 nitrogen and oxygen atoms in total. The number of Topliss-reactive ketones (excluding diaryl/α,β-unsaturated/α-hetero) is 1. The molecule has 1 rings (SSSR count). The summed E-state index contributed by atoms with van der Waals surface area (Å²) < 4.78 is 186. The van der Waals surface area contributed by atoms with Crippen molar-refractivity contribution in [1.29, 1.82) is 0 Å². The minimum Gasteiger partial charge on any atom is -0.375 e. The first kappa shape index (κ1) is 44.4. The summed E-state index contributed by atoms with van der Waals surface area (Å²) in [6.45, 7) is 15.0. The quantitative estimate of drug-likeness (QED) is 0.0955. The van der Waals surface area contributed by atoms with E-state index in [4.69, 9.17) is 15.2 Å². The molecule has 2 unspecified atom stereocenters. The third-order valence-electron chi connectivity index (χ3n) is 8.76. The maximum absolute atomic E-state index is 14.3. The number of hydrogen-bond donors (Lipinski definition) is 2.